The number of aromatic nitrogens is 1. The van der Waals surface area contributed by atoms with Crippen molar-refractivity contribution in [2.24, 2.45) is 5.73 Å². The monoisotopic (exact) mass is 351 g/mol. The van der Waals surface area contributed by atoms with Gasteiger partial charge >= 0.3 is 12.3 Å². The minimum Gasteiger partial charge on any atom is -0.436 e. The molecule has 1 aliphatic rings. The molecule has 1 aromatic carbocycles. The number of nitrogens with zero attached hydrogens (tertiary/aromatic N) is 2. The lowest BCUT2D eigenvalue weighted by atomic mass is 10.0. The molecular formula is C16H12F3N3O3. The molecule has 0 spiro atoms. The lowest BCUT2D eigenvalue weighted by molar-refractivity contribution is -0.137. The van der Waals surface area contributed by atoms with Gasteiger partial charge in [-0.1, -0.05) is 0 Å². The van der Waals surface area contributed by atoms with E-state index in [-0.39, 0.29) is 12.1 Å². The fourth-order valence-corrected chi connectivity index (χ4v) is 2.61. The van der Waals surface area contributed by atoms with Gasteiger partial charge in [0, 0.05) is 18.3 Å². The van der Waals surface area contributed by atoms with E-state index in [1.165, 1.54) is 23.2 Å². The van der Waals surface area contributed by atoms with Crippen LogP contribution in [0.1, 0.15) is 11.3 Å². The zero-order chi connectivity index (χ0) is 18.2. The summed E-state index contributed by atoms with van der Waals surface area (Å²) in [5.74, 6) is -0.612. The Hall–Kier alpha value is -3.10. The van der Waals surface area contributed by atoms with Crippen LogP contribution < -0.4 is 10.6 Å². The van der Waals surface area contributed by atoms with Gasteiger partial charge in [0.25, 0.3) is 5.91 Å². The van der Waals surface area contributed by atoms with Crippen LogP contribution in [0.3, 0.4) is 0 Å². The van der Waals surface area contributed by atoms with Crippen molar-refractivity contribution in [2.45, 2.75) is 18.7 Å². The Morgan fingerprint density at radius 1 is 1.24 bits per heavy atom. The number of alkyl halides is 3. The number of anilines is 2. The molecule has 2 amide bonds. The molecule has 0 saturated heterocycles. The minimum atomic E-state index is -4.48. The van der Waals surface area contributed by atoms with Crippen LogP contribution in [0.25, 0.3) is 0 Å². The second kappa shape index (κ2) is 6.08. The smallest absolute Gasteiger partial charge is 0.416 e. The van der Waals surface area contributed by atoms with Gasteiger partial charge in [0.05, 0.1) is 16.9 Å². The van der Waals surface area contributed by atoms with E-state index in [0.29, 0.717) is 11.4 Å². The van der Waals surface area contributed by atoms with Crippen molar-refractivity contribution in [1.29, 1.82) is 0 Å². The van der Waals surface area contributed by atoms with Crippen molar-refractivity contribution in [3.8, 4) is 0 Å². The summed E-state index contributed by atoms with van der Waals surface area (Å²) in [4.78, 5) is 29.0. The zero-order valence-electron chi connectivity index (χ0n) is 12.7. The van der Waals surface area contributed by atoms with Gasteiger partial charge in [-0.2, -0.15) is 13.2 Å². The van der Waals surface area contributed by atoms with E-state index >= 15 is 0 Å². The number of fused-ring (bicyclic) bond motifs is 1. The van der Waals surface area contributed by atoms with Crippen molar-refractivity contribution < 1.29 is 27.5 Å². The fourth-order valence-electron chi connectivity index (χ4n) is 2.61. The number of halogens is 3. The number of nitrogens with two attached hydrogens (primary N) is 1. The molecule has 0 fully saturated rings. The fraction of sp³-hybridized carbons (Fsp3) is 0.188. The van der Waals surface area contributed by atoms with Gasteiger partial charge in [-0.05, 0) is 36.4 Å². The first-order chi connectivity index (χ1) is 11.8. The van der Waals surface area contributed by atoms with Crippen LogP contribution in [0.15, 0.2) is 42.6 Å². The number of hydrogen-bond acceptors (Lipinski definition) is 4. The van der Waals surface area contributed by atoms with Crippen molar-refractivity contribution in [2.75, 3.05) is 4.90 Å². The molecule has 1 aliphatic heterocycles. The first-order valence-corrected chi connectivity index (χ1v) is 7.18. The zero-order valence-corrected chi connectivity index (χ0v) is 12.7. The highest BCUT2D eigenvalue weighted by Crippen LogP contribution is 2.36. The van der Waals surface area contributed by atoms with Crippen LogP contribution in [0.4, 0.5) is 29.3 Å². The number of carbonyl (C=O) groups is 2. The molecule has 0 aliphatic carbocycles. The number of hydrogen-bond donors (Lipinski definition) is 1. The number of amides is 2. The molecule has 2 heterocycles. The van der Waals surface area contributed by atoms with Crippen LogP contribution in [-0.2, 0) is 22.1 Å². The van der Waals surface area contributed by atoms with Gasteiger partial charge in [-0.15, -0.1) is 0 Å². The normalized spacial score (nSPS) is 17.2. The highest BCUT2D eigenvalue weighted by molar-refractivity contribution is 6.06. The highest BCUT2D eigenvalue weighted by Gasteiger charge is 2.37. The quantitative estimate of drug-likeness (QED) is 0.901. The molecule has 9 heteroatoms. The molecule has 3 rings (SSSR count). The van der Waals surface area contributed by atoms with Crippen LogP contribution in [0, 0.1) is 0 Å². The lowest BCUT2D eigenvalue weighted by Crippen LogP contribution is -2.45. The third-order valence-electron chi connectivity index (χ3n) is 3.69. The molecule has 1 aromatic heterocycles. The van der Waals surface area contributed by atoms with E-state index < -0.39 is 29.8 Å². The van der Waals surface area contributed by atoms with Crippen molar-refractivity contribution in [1.82, 2.24) is 4.98 Å². The van der Waals surface area contributed by atoms with Gasteiger partial charge in [-0.25, -0.2) is 4.79 Å². The lowest BCUT2D eigenvalue weighted by Gasteiger charge is -2.32. The maximum absolute atomic E-state index is 12.7. The van der Waals surface area contributed by atoms with Gasteiger partial charge < -0.3 is 10.5 Å². The minimum absolute atomic E-state index is 0.0368. The number of benzene rings is 1. The summed E-state index contributed by atoms with van der Waals surface area (Å²) in [5, 5.41) is 0. The van der Waals surface area contributed by atoms with Crippen LogP contribution in [-0.4, -0.2) is 23.1 Å². The van der Waals surface area contributed by atoms with Gasteiger partial charge in [0.1, 0.15) is 0 Å². The average Bonchev–Trinajstić information content (AvgIpc) is 2.54. The summed E-state index contributed by atoms with van der Waals surface area (Å²) in [6.07, 6.45) is -5.26. The summed E-state index contributed by atoms with van der Waals surface area (Å²) in [7, 11) is 0. The van der Waals surface area contributed by atoms with E-state index in [1.807, 2.05) is 0 Å². The summed E-state index contributed by atoms with van der Waals surface area (Å²) < 4.78 is 43.0. The molecule has 0 bridgehead atoms. The van der Waals surface area contributed by atoms with Crippen molar-refractivity contribution in [3.05, 3.63) is 53.9 Å². The maximum Gasteiger partial charge on any atom is 0.416 e. The summed E-state index contributed by atoms with van der Waals surface area (Å²) >= 11 is 0. The van der Waals surface area contributed by atoms with Gasteiger partial charge in [0.2, 0.25) is 0 Å². The summed E-state index contributed by atoms with van der Waals surface area (Å²) in [6, 6.07) is 7.29. The van der Waals surface area contributed by atoms with Crippen LogP contribution in [0.5, 0.6) is 0 Å². The molecular weight excluding hydrogens is 339 g/mol. The molecule has 1 atom stereocenters. The Morgan fingerprint density at radius 3 is 2.52 bits per heavy atom. The van der Waals surface area contributed by atoms with E-state index in [4.69, 9.17) is 10.5 Å². The Labute approximate surface area is 140 Å². The van der Waals surface area contributed by atoms with E-state index in [9.17, 15) is 22.8 Å². The molecule has 6 nitrogen and oxygen atoms in total. The second-order valence-corrected chi connectivity index (χ2v) is 5.32. The Kier molecular flexibility index (Phi) is 4.07. The van der Waals surface area contributed by atoms with E-state index in [0.717, 1.165) is 12.1 Å². The van der Waals surface area contributed by atoms with Gasteiger partial charge in [-0.3, -0.25) is 14.7 Å². The molecule has 25 heavy (non-hydrogen) atoms. The van der Waals surface area contributed by atoms with Crippen LogP contribution >= 0.6 is 0 Å². The predicted octanol–water partition coefficient (Wildman–Crippen LogP) is 2.79. The average molecular weight is 351 g/mol. The molecule has 2 aromatic rings. The number of primary amides is 1. The maximum atomic E-state index is 12.7. The first kappa shape index (κ1) is 16.7. The molecule has 2 N–H and O–H groups in total. The van der Waals surface area contributed by atoms with Crippen molar-refractivity contribution in [3.63, 3.8) is 0 Å². The summed E-state index contributed by atoms with van der Waals surface area (Å²) in [5.41, 5.74) is 5.22. The Bertz CT molecular complexity index is 821. The number of pyridine rings is 1. The SMILES string of the molecule is NC(=O)OC1Cc2ncccc2N(c2ccc(C(F)(F)F)cc2)C1=O. The van der Waals surface area contributed by atoms with Crippen LogP contribution in [0.2, 0.25) is 0 Å². The van der Waals surface area contributed by atoms with E-state index in [1.54, 1.807) is 12.1 Å². The Balaban J connectivity index is 2.03. The Morgan fingerprint density at radius 2 is 1.92 bits per heavy atom. The summed E-state index contributed by atoms with van der Waals surface area (Å²) in [6.45, 7) is 0. The van der Waals surface area contributed by atoms with Crippen molar-refractivity contribution >= 4 is 23.4 Å². The standard InChI is InChI=1S/C16H12F3N3O3/c17-16(18,19)9-3-5-10(6-4-9)22-12-2-1-7-21-11(12)8-13(14(22)23)25-15(20)24/h1-7,13H,8H2,(H2,20,24). The third kappa shape index (κ3) is 3.25. The molecule has 130 valence electrons. The molecule has 0 saturated carbocycles. The second-order valence-electron chi connectivity index (χ2n) is 5.32. The number of rotatable bonds is 2. The number of ether oxygens (including phenoxy) is 1. The van der Waals surface area contributed by atoms with Gasteiger partial charge in [0.15, 0.2) is 6.10 Å². The molecule has 1 unspecified atom stereocenters. The largest absolute Gasteiger partial charge is 0.436 e. The third-order valence-corrected chi connectivity index (χ3v) is 3.69. The number of carbonyl (C=O) groups excluding carboxylic acids is 2. The highest BCUT2D eigenvalue weighted by atomic mass is 19.4. The molecule has 0 radical (unpaired) electrons. The first-order valence-electron chi connectivity index (χ1n) is 7.18. The predicted molar refractivity (Wildman–Crippen MR) is 81.0 cm³/mol. The van der Waals surface area contributed by atoms with E-state index in [2.05, 4.69) is 4.98 Å². The topological polar surface area (TPSA) is 85.5 Å².